The fourth-order valence-electron chi connectivity index (χ4n) is 0.588. The maximum Gasteiger partial charge on any atom is 0.115 e. The molecule has 0 spiro atoms. The Morgan fingerprint density at radius 1 is 1.53 bits per heavy atom. The highest BCUT2D eigenvalue weighted by Gasteiger charge is 1.99. The van der Waals surface area contributed by atoms with Gasteiger partial charge in [0.05, 0.1) is 6.61 Å². The largest absolute Gasteiger partial charge is 0.780 e. The number of aliphatic hydroxyl groups excluding tert-OH is 1. The van der Waals surface area contributed by atoms with Crippen LogP contribution in [-0.2, 0) is 20.9 Å². The number of rotatable bonds is 10. The molecule has 0 bridgehead atoms. The molecular weight excluding hydrogens is 275 g/mol. The Bertz CT molecular complexity index is 205. The third-order valence-corrected chi connectivity index (χ3v) is 5.60. The standard InChI is InChI=1S/C7H17O4PS3.2H2/c1-10-12(9,13)11-5-3-7-15-14-6-2-4-8;;/h8H,2-7H2,1H3,(H,9,13);2*1H/p-1/i;1+2D;1+2. The second-order valence-corrected chi connectivity index (χ2v) is 8.10. The molecule has 0 amide bonds. The molecule has 0 fully saturated rings. The van der Waals surface area contributed by atoms with Crippen molar-refractivity contribution in [1.29, 1.82) is 0 Å². The van der Waals surface area contributed by atoms with E-state index in [0.29, 0.717) is 6.61 Å². The molecule has 1 atom stereocenters. The first-order chi connectivity index (χ1) is 8.12. The van der Waals surface area contributed by atoms with Crippen molar-refractivity contribution in [3.8, 4) is 0 Å². The lowest BCUT2D eigenvalue weighted by Crippen LogP contribution is -2.07. The van der Waals surface area contributed by atoms with Crippen LogP contribution in [0.3, 0.4) is 0 Å². The maximum absolute atomic E-state index is 11.1. The fourth-order valence-corrected chi connectivity index (χ4v) is 3.40. The Morgan fingerprint density at radius 3 is 2.67 bits per heavy atom. The predicted octanol–water partition coefficient (Wildman–Crippen LogP) is 1.88. The normalized spacial score (nSPS) is 15.7. The Morgan fingerprint density at radius 2 is 2.13 bits per heavy atom. The molecule has 1 unspecified atom stereocenters. The first-order valence-electron chi connectivity index (χ1n) is 5.49. The highest BCUT2D eigenvalue weighted by molar-refractivity contribution is 8.76. The van der Waals surface area contributed by atoms with Gasteiger partial charge in [0.15, 0.2) is 0 Å². The van der Waals surface area contributed by atoms with Crippen LogP contribution in [0.15, 0.2) is 0 Å². The van der Waals surface area contributed by atoms with Gasteiger partial charge < -0.3 is 19.0 Å². The molecule has 0 aromatic carbocycles. The summed E-state index contributed by atoms with van der Waals surface area (Å²) in [6, 6.07) is 0. The summed E-state index contributed by atoms with van der Waals surface area (Å²) in [5.41, 5.74) is 0. The predicted molar refractivity (Wildman–Crippen MR) is 72.7 cm³/mol. The monoisotopic (exact) mass is 300 g/mol. The van der Waals surface area contributed by atoms with E-state index < -0.39 is 6.72 Å². The number of hydrogen-bond donors (Lipinski definition) is 1. The molecule has 0 saturated carbocycles. The quantitative estimate of drug-likeness (QED) is 0.375. The van der Waals surface area contributed by atoms with Crippen LogP contribution in [0.2, 0.25) is 0 Å². The Kier molecular flexibility index (Phi) is 9.83. The summed E-state index contributed by atoms with van der Waals surface area (Å²) in [6.45, 7) is -2.60. The van der Waals surface area contributed by atoms with Crippen molar-refractivity contribution < 1.29 is 23.4 Å². The van der Waals surface area contributed by atoms with Crippen molar-refractivity contribution in [2.45, 2.75) is 12.8 Å². The van der Waals surface area contributed by atoms with Crippen molar-refractivity contribution in [2.75, 3.05) is 31.8 Å². The smallest absolute Gasteiger partial charge is 0.115 e. The van der Waals surface area contributed by atoms with Crippen molar-refractivity contribution in [3.63, 3.8) is 0 Å². The molecule has 4 nitrogen and oxygen atoms in total. The molecule has 0 aromatic rings. The minimum atomic E-state index is -3.21. The van der Waals surface area contributed by atoms with Gasteiger partial charge in [-0.1, -0.05) is 33.4 Å². The summed E-state index contributed by atoms with van der Waals surface area (Å²) in [7, 11) is 4.71. The van der Waals surface area contributed by atoms with E-state index in [0.717, 1.165) is 24.3 Å². The topological polar surface area (TPSA) is 61.8 Å². The van der Waals surface area contributed by atoms with Gasteiger partial charge in [0.1, 0.15) is 6.72 Å². The van der Waals surface area contributed by atoms with E-state index in [2.05, 4.69) is 16.3 Å². The third kappa shape index (κ3) is 11.5. The molecule has 96 valence electrons. The average molecular weight is 300 g/mol. The third-order valence-electron chi connectivity index (χ3n) is 1.31. The lowest BCUT2D eigenvalue weighted by Gasteiger charge is -2.24. The number of aliphatic hydroxyl groups is 1. The molecule has 0 saturated heterocycles. The molecule has 0 aliphatic heterocycles. The van der Waals surface area contributed by atoms with Crippen LogP contribution in [0.1, 0.15) is 17.2 Å². The van der Waals surface area contributed by atoms with Crippen LogP contribution in [-0.4, -0.2) is 36.9 Å². The first kappa shape index (κ1) is 14.3. The van der Waals surface area contributed by atoms with E-state index in [4.69, 9.17) is 12.6 Å². The Balaban J connectivity index is -0.000000709. The van der Waals surface area contributed by atoms with Gasteiger partial charge in [-0.2, -0.15) is 0 Å². The van der Waals surface area contributed by atoms with Gasteiger partial charge in [-0.25, -0.2) is 0 Å². The molecule has 0 aliphatic rings. The van der Waals surface area contributed by atoms with E-state index in [1.807, 2.05) is 0 Å². The van der Waals surface area contributed by atoms with Gasteiger partial charge in [-0.15, -0.1) is 0 Å². The zero-order valence-corrected chi connectivity index (χ0v) is 11.9. The van der Waals surface area contributed by atoms with Crippen molar-refractivity contribution in [1.82, 2.24) is 0 Å². The van der Waals surface area contributed by atoms with Gasteiger partial charge >= 0.3 is 0 Å². The summed E-state index contributed by atoms with van der Waals surface area (Å²) in [5, 5.41) is 8.52. The molecule has 15 heavy (non-hydrogen) atoms. The lowest BCUT2D eigenvalue weighted by atomic mass is 10.5. The summed E-state index contributed by atoms with van der Waals surface area (Å²) in [6.07, 6.45) is 1.61. The van der Waals surface area contributed by atoms with Gasteiger partial charge in [0.2, 0.25) is 0 Å². The zero-order valence-electron chi connectivity index (χ0n) is 10.6. The van der Waals surface area contributed by atoms with Crippen LogP contribution in [0.5, 0.6) is 0 Å². The Hall–Kier alpha value is 1.19. The second kappa shape index (κ2) is 10.4. The number of hydrogen-bond acceptors (Lipinski definition) is 7. The molecule has 0 rings (SSSR count). The van der Waals surface area contributed by atoms with Crippen molar-refractivity contribution in [2.24, 2.45) is 0 Å². The minimum absolute atomic E-state index is 0. The van der Waals surface area contributed by atoms with Crippen LogP contribution in [0, 0.1) is 0 Å². The summed E-state index contributed by atoms with van der Waals surface area (Å²) in [4.78, 5) is 11.1. The molecule has 0 heterocycles. The second-order valence-electron chi connectivity index (χ2n) is 2.54. The van der Waals surface area contributed by atoms with Gasteiger partial charge in [0, 0.05) is 29.6 Å². The molecule has 0 aromatic heterocycles. The summed E-state index contributed by atoms with van der Waals surface area (Å²) < 4.78 is 19.4. The fraction of sp³-hybridized carbons (Fsp3) is 1.00. The maximum atomic E-state index is 11.1. The molecule has 0 aliphatic carbocycles. The Labute approximate surface area is 108 Å². The molecule has 0 radical (unpaired) electrons. The van der Waals surface area contributed by atoms with Gasteiger partial charge in [-0.05, 0) is 12.8 Å². The van der Waals surface area contributed by atoms with E-state index in [1.54, 1.807) is 21.6 Å². The highest BCUT2D eigenvalue weighted by Crippen LogP contribution is 2.37. The molecular formula is C7H20O4PS3-. The van der Waals surface area contributed by atoms with Crippen molar-refractivity contribution >= 4 is 40.1 Å². The van der Waals surface area contributed by atoms with Gasteiger partial charge in [-0.3, -0.25) is 0 Å². The average Bonchev–Trinajstić information content (AvgIpc) is 2.35. The first-order valence-corrected chi connectivity index (χ1v) is 9.53. The van der Waals surface area contributed by atoms with E-state index in [9.17, 15) is 4.89 Å². The minimum Gasteiger partial charge on any atom is -0.780 e. The summed E-state index contributed by atoms with van der Waals surface area (Å²) >= 11 is 4.55. The van der Waals surface area contributed by atoms with E-state index in [1.165, 1.54) is 7.11 Å². The summed E-state index contributed by atoms with van der Waals surface area (Å²) in [5.74, 6) is 1.86. The van der Waals surface area contributed by atoms with Gasteiger partial charge in [0.25, 0.3) is 0 Å². The van der Waals surface area contributed by atoms with E-state index >= 15 is 0 Å². The van der Waals surface area contributed by atoms with Crippen molar-refractivity contribution in [3.05, 3.63) is 0 Å². The molecule has 1 N–H and O–H groups in total. The van der Waals surface area contributed by atoms with Crippen LogP contribution < -0.4 is 4.89 Å². The van der Waals surface area contributed by atoms with Crippen LogP contribution in [0.4, 0.5) is 0 Å². The SMILES string of the molecule is COP([O-])(=S)OCCCSSCCCO.[2H][3H].[3HH]. The van der Waals surface area contributed by atoms with Crippen LogP contribution >= 0.6 is 28.3 Å². The zero-order chi connectivity index (χ0) is 13.6. The highest BCUT2D eigenvalue weighted by atomic mass is 33.1. The van der Waals surface area contributed by atoms with Crippen LogP contribution in [0.25, 0.3) is 0 Å². The molecule has 8 heteroatoms. The lowest BCUT2D eigenvalue weighted by molar-refractivity contribution is -0.204. The van der Waals surface area contributed by atoms with E-state index in [-0.39, 0.29) is 8.03 Å².